The molecule has 1 rings (SSSR count). The number of likely N-dealkylation sites (N-methyl/N-ethyl adjacent to an activating group) is 1. The highest BCUT2D eigenvalue weighted by atomic mass is 32.2. The van der Waals surface area contributed by atoms with Crippen LogP contribution < -0.4 is 5.14 Å². The van der Waals surface area contributed by atoms with Crippen LogP contribution in [0.3, 0.4) is 0 Å². The highest BCUT2D eigenvalue weighted by Crippen LogP contribution is 2.19. The molecule has 0 atom stereocenters. The molecule has 20 heavy (non-hydrogen) atoms. The number of carbonyl (C=O) groups excluding carboxylic acids is 1. The molecule has 1 amide bonds. The SMILES string of the molecule is COCCN(C)C(=O)c1cc(S(N)(=O)=O)cn1C(C)C. The minimum absolute atomic E-state index is 0.0553. The summed E-state index contributed by atoms with van der Waals surface area (Å²) < 4.78 is 29.3. The van der Waals surface area contributed by atoms with E-state index in [1.54, 1.807) is 18.7 Å². The average Bonchev–Trinajstić information content (AvgIpc) is 2.79. The van der Waals surface area contributed by atoms with E-state index in [-0.39, 0.29) is 16.8 Å². The maximum absolute atomic E-state index is 12.3. The molecule has 0 aliphatic rings. The molecule has 1 aromatic rings. The van der Waals surface area contributed by atoms with Gasteiger partial charge in [0.25, 0.3) is 5.91 Å². The van der Waals surface area contributed by atoms with Crippen LogP contribution in [0.25, 0.3) is 0 Å². The Kier molecular flexibility index (Phi) is 5.32. The quantitative estimate of drug-likeness (QED) is 0.824. The fourth-order valence-electron chi connectivity index (χ4n) is 1.73. The van der Waals surface area contributed by atoms with Crippen molar-refractivity contribution in [3.63, 3.8) is 0 Å². The molecule has 0 aromatic carbocycles. The number of amides is 1. The van der Waals surface area contributed by atoms with E-state index in [1.807, 2.05) is 13.8 Å². The zero-order valence-electron chi connectivity index (χ0n) is 12.2. The van der Waals surface area contributed by atoms with Crippen LogP contribution in [0.2, 0.25) is 0 Å². The van der Waals surface area contributed by atoms with E-state index in [1.165, 1.54) is 17.2 Å². The molecule has 0 unspecified atom stereocenters. The number of nitrogens with two attached hydrogens (primary N) is 1. The third kappa shape index (κ3) is 3.81. The van der Waals surface area contributed by atoms with Crippen LogP contribution in [-0.4, -0.2) is 51.1 Å². The molecular weight excluding hydrogens is 282 g/mol. The van der Waals surface area contributed by atoms with E-state index in [4.69, 9.17) is 9.88 Å². The van der Waals surface area contributed by atoms with E-state index in [2.05, 4.69) is 0 Å². The van der Waals surface area contributed by atoms with Gasteiger partial charge in [-0.2, -0.15) is 0 Å². The minimum atomic E-state index is -3.83. The van der Waals surface area contributed by atoms with E-state index in [0.29, 0.717) is 18.8 Å². The topological polar surface area (TPSA) is 94.6 Å². The Balaban J connectivity index is 3.16. The van der Waals surface area contributed by atoms with Gasteiger partial charge < -0.3 is 14.2 Å². The van der Waals surface area contributed by atoms with E-state index in [9.17, 15) is 13.2 Å². The zero-order chi connectivity index (χ0) is 15.5. The summed E-state index contributed by atoms with van der Waals surface area (Å²) in [6, 6.07) is 1.25. The van der Waals surface area contributed by atoms with Gasteiger partial charge in [0.05, 0.1) is 6.61 Å². The van der Waals surface area contributed by atoms with Gasteiger partial charge >= 0.3 is 0 Å². The predicted octanol–water partition coefficient (Wildman–Crippen LogP) is 0.435. The fourth-order valence-corrected chi connectivity index (χ4v) is 2.27. The number of hydrogen-bond donors (Lipinski definition) is 1. The van der Waals surface area contributed by atoms with Crippen molar-refractivity contribution in [1.82, 2.24) is 9.47 Å². The highest BCUT2D eigenvalue weighted by Gasteiger charge is 2.22. The van der Waals surface area contributed by atoms with Gasteiger partial charge in [-0.05, 0) is 19.9 Å². The molecule has 1 aromatic heterocycles. The Morgan fingerprint density at radius 3 is 2.55 bits per heavy atom. The van der Waals surface area contributed by atoms with Crippen LogP contribution in [0.4, 0.5) is 0 Å². The van der Waals surface area contributed by atoms with Crippen LogP contribution in [0.5, 0.6) is 0 Å². The van der Waals surface area contributed by atoms with Crippen molar-refractivity contribution in [2.45, 2.75) is 24.8 Å². The second-order valence-corrected chi connectivity index (χ2v) is 6.39. The Morgan fingerprint density at radius 1 is 1.50 bits per heavy atom. The second-order valence-electron chi connectivity index (χ2n) is 4.83. The lowest BCUT2D eigenvalue weighted by molar-refractivity contribution is 0.0732. The smallest absolute Gasteiger partial charge is 0.270 e. The Labute approximate surface area is 119 Å². The maximum Gasteiger partial charge on any atom is 0.270 e. The average molecular weight is 303 g/mol. The third-order valence-corrected chi connectivity index (χ3v) is 3.79. The first-order valence-electron chi connectivity index (χ1n) is 6.17. The summed E-state index contributed by atoms with van der Waals surface area (Å²) in [7, 11) is -0.646. The maximum atomic E-state index is 12.3. The highest BCUT2D eigenvalue weighted by molar-refractivity contribution is 7.89. The van der Waals surface area contributed by atoms with Gasteiger partial charge in [0.2, 0.25) is 10.0 Å². The Hall–Kier alpha value is -1.38. The van der Waals surface area contributed by atoms with Crippen molar-refractivity contribution in [1.29, 1.82) is 0 Å². The first-order chi connectivity index (χ1) is 9.18. The molecule has 8 heteroatoms. The number of nitrogens with zero attached hydrogens (tertiary/aromatic N) is 2. The molecule has 0 fully saturated rings. The monoisotopic (exact) mass is 303 g/mol. The summed E-state index contributed by atoms with van der Waals surface area (Å²) in [5.74, 6) is -0.273. The number of ether oxygens (including phenoxy) is 1. The van der Waals surface area contributed by atoms with E-state index >= 15 is 0 Å². The number of aromatic nitrogens is 1. The largest absolute Gasteiger partial charge is 0.383 e. The molecule has 114 valence electrons. The van der Waals surface area contributed by atoms with Gasteiger partial charge in [0.1, 0.15) is 10.6 Å². The lowest BCUT2D eigenvalue weighted by Crippen LogP contribution is -2.31. The number of primary sulfonamides is 1. The van der Waals surface area contributed by atoms with Crippen molar-refractivity contribution >= 4 is 15.9 Å². The summed E-state index contributed by atoms with van der Waals surface area (Å²) in [5, 5.41) is 5.11. The zero-order valence-corrected chi connectivity index (χ0v) is 13.0. The normalized spacial score (nSPS) is 11.9. The van der Waals surface area contributed by atoms with E-state index in [0.717, 1.165) is 0 Å². The van der Waals surface area contributed by atoms with Crippen LogP contribution >= 0.6 is 0 Å². The van der Waals surface area contributed by atoms with Crippen molar-refractivity contribution in [3.05, 3.63) is 18.0 Å². The van der Waals surface area contributed by atoms with Crippen molar-refractivity contribution in [2.75, 3.05) is 27.3 Å². The van der Waals surface area contributed by atoms with Gasteiger partial charge in [-0.25, -0.2) is 13.6 Å². The van der Waals surface area contributed by atoms with E-state index < -0.39 is 10.0 Å². The number of methoxy groups -OCH3 is 1. The molecule has 7 nitrogen and oxygen atoms in total. The summed E-state index contributed by atoms with van der Waals surface area (Å²) in [4.78, 5) is 13.7. The third-order valence-electron chi connectivity index (χ3n) is 2.90. The van der Waals surface area contributed by atoms with Gasteiger partial charge in [0, 0.05) is 32.9 Å². The molecule has 1 heterocycles. The summed E-state index contributed by atoms with van der Waals surface area (Å²) >= 11 is 0. The number of rotatable bonds is 6. The fraction of sp³-hybridized carbons (Fsp3) is 0.583. The summed E-state index contributed by atoms with van der Waals surface area (Å²) in [5.41, 5.74) is 0.294. The molecule has 0 saturated carbocycles. The van der Waals surface area contributed by atoms with Gasteiger partial charge in [-0.3, -0.25) is 4.79 Å². The second kappa shape index (κ2) is 6.38. The first-order valence-corrected chi connectivity index (χ1v) is 7.72. The van der Waals surface area contributed by atoms with Crippen LogP contribution in [0.15, 0.2) is 17.2 Å². The Morgan fingerprint density at radius 2 is 2.10 bits per heavy atom. The molecular formula is C12H21N3O4S. The molecule has 0 bridgehead atoms. The first kappa shape index (κ1) is 16.7. The van der Waals surface area contributed by atoms with Gasteiger partial charge in [-0.15, -0.1) is 0 Å². The molecule has 0 spiro atoms. The molecule has 0 radical (unpaired) electrons. The Bertz CT molecular complexity index is 578. The summed E-state index contributed by atoms with van der Waals surface area (Å²) in [6.07, 6.45) is 1.39. The molecule has 0 aliphatic carbocycles. The van der Waals surface area contributed by atoms with Gasteiger partial charge in [-0.1, -0.05) is 0 Å². The number of sulfonamides is 1. The van der Waals surface area contributed by atoms with Gasteiger partial charge in [0.15, 0.2) is 0 Å². The lowest BCUT2D eigenvalue weighted by Gasteiger charge is -2.19. The standard InChI is InChI=1S/C12H21N3O4S/c1-9(2)15-8-10(20(13,17)18)7-11(15)12(16)14(3)5-6-19-4/h7-9H,5-6H2,1-4H3,(H2,13,17,18). The lowest BCUT2D eigenvalue weighted by atomic mass is 10.3. The number of hydrogen-bond acceptors (Lipinski definition) is 4. The van der Waals surface area contributed by atoms with Crippen LogP contribution in [-0.2, 0) is 14.8 Å². The van der Waals surface area contributed by atoms with Crippen molar-refractivity contribution < 1.29 is 17.9 Å². The molecule has 2 N–H and O–H groups in total. The summed E-state index contributed by atoms with van der Waals surface area (Å²) in [6.45, 7) is 4.55. The number of carbonyl (C=O) groups is 1. The molecule has 0 saturated heterocycles. The van der Waals surface area contributed by atoms with Crippen LogP contribution in [0.1, 0.15) is 30.4 Å². The van der Waals surface area contributed by atoms with Crippen molar-refractivity contribution in [2.24, 2.45) is 5.14 Å². The van der Waals surface area contributed by atoms with Crippen LogP contribution in [0, 0.1) is 0 Å². The predicted molar refractivity (Wildman–Crippen MR) is 75.0 cm³/mol. The minimum Gasteiger partial charge on any atom is -0.383 e. The van der Waals surface area contributed by atoms with Crippen molar-refractivity contribution in [3.8, 4) is 0 Å². The molecule has 0 aliphatic heterocycles.